The first-order valence-electron chi connectivity index (χ1n) is 12.9. The summed E-state index contributed by atoms with van der Waals surface area (Å²) in [5.74, 6) is 3.14. The third-order valence-electron chi connectivity index (χ3n) is 7.78. The van der Waals surface area contributed by atoms with Crippen LogP contribution in [0.15, 0.2) is 24.3 Å². The predicted molar refractivity (Wildman–Crippen MR) is 134 cm³/mol. The minimum Gasteiger partial charge on any atom is -0.497 e. The Morgan fingerprint density at radius 2 is 1.88 bits per heavy atom. The second-order valence-electron chi connectivity index (χ2n) is 9.93. The number of nitrogens with one attached hydrogen (secondary N) is 1. The van der Waals surface area contributed by atoms with E-state index in [-0.39, 0.29) is 5.91 Å². The minimum atomic E-state index is 0.171. The van der Waals surface area contributed by atoms with Crippen molar-refractivity contribution >= 4 is 11.7 Å². The lowest BCUT2D eigenvalue weighted by Crippen LogP contribution is -2.47. The number of fused-ring (bicyclic) bond motifs is 1. The van der Waals surface area contributed by atoms with Gasteiger partial charge in [-0.25, -0.2) is 9.97 Å². The molecule has 7 heteroatoms. The van der Waals surface area contributed by atoms with Crippen LogP contribution in [0.25, 0.3) is 0 Å². The van der Waals surface area contributed by atoms with Gasteiger partial charge in [0.25, 0.3) is 0 Å². The van der Waals surface area contributed by atoms with Crippen LogP contribution >= 0.6 is 0 Å². The van der Waals surface area contributed by atoms with Crippen LogP contribution in [0.2, 0.25) is 0 Å². The fraction of sp³-hybridized carbons (Fsp3) is 0.593. The topological polar surface area (TPSA) is 70.6 Å². The molecule has 3 aliphatic rings. The van der Waals surface area contributed by atoms with Crippen molar-refractivity contribution in [3.8, 4) is 5.75 Å². The average molecular weight is 464 g/mol. The molecule has 34 heavy (non-hydrogen) atoms. The smallest absolute Gasteiger partial charge is 0.228 e. The largest absolute Gasteiger partial charge is 0.497 e. The Morgan fingerprint density at radius 3 is 2.65 bits per heavy atom. The summed E-state index contributed by atoms with van der Waals surface area (Å²) in [6, 6.07) is 8.77. The van der Waals surface area contributed by atoms with Gasteiger partial charge in [0.1, 0.15) is 17.4 Å². The lowest BCUT2D eigenvalue weighted by molar-refractivity contribution is -0.118. The van der Waals surface area contributed by atoms with E-state index in [0.717, 1.165) is 67.5 Å². The molecule has 3 aliphatic heterocycles. The van der Waals surface area contributed by atoms with E-state index in [4.69, 9.17) is 14.7 Å². The summed E-state index contributed by atoms with van der Waals surface area (Å²) in [7, 11) is 1.68. The molecule has 1 aromatic heterocycles. The number of piperidine rings is 2. The fourth-order valence-electron chi connectivity index (χ4n) is 5.77. The van der Waals surface area contributed by atoms with Gasteiger partial charge in [-0.3, -0.25) is 14.6 Å². The fourth-order valence-corrected chi connectivity index (χ4v) is 5.77. The van der Waals surface area contributed by atoms with Gasteiger partial charge in [-0.05, 0) is 82.8 Å². The molecule has 2 saturated heterocycles. The molecular formula is C27H37N5O2. The highest BCUT2D eigenvalue weighted by atomic mass is 16.5. The van der Waals surface area contributed by atoms with Gasteiger partial charge < -0.3 is 10.1 Å². The van der Waals surface area contributed by atoms with Crippen molar-refractivity contribution in [2.45, 2.75) is 63.8 Å². The molecule has 0 saturated carbocycles. The van der Waals surface area contributed by atoms with Crippen molar-refractivity contribution in [1.82, 2.24) is 20.2 Å². The van der Waals surface area contributed by atoms with Crippen molar-refractivity contribution in [2.75, 3.05) is 44.7 Å². The number of carbonyl (C=O) groups excluding carboxylic acids is 1. The zero-order chi connectivity index (χ0) is 23.5. The van der Waals surface area contributed by atoms with Crippen molar-refractivity contribution < 1.29 is 9.53 Å². The number of benzene rings is 1. The maximum absolute atomic E-state index is 13.0. The first kappa shape index (κ1) is 23.2. The molecule has 2 fully saturated rings. The minimum absolute atomic E-state index is 0.171. The number of anilines is 1. The zero-order valence-electron chi connectivity index (χ0n) is 20.6. The summed E-state index contributed by atoms with van der Waals surface area (Å²) >= 11 is 0. The van der Waals surface area contributed by atoms with Gasteiger partial charge in [0.15, 0.2) is 0 Å². The van der Waals surface area contributed by atoms with E-state index in [1.54, 1.807) is 7.11 Å². The molecule has 1 amide bonds. The Morgan fingerprint density at radius 1 is 1.09 bits per heavy atom. The highest BCUT2D eigenvalue weighted by molar-refractivity contribution is 5.95. The number of nitrogens with zero attached hydrogens (tertiary/aromatic N) is 4. The molecule has 0 bridgehead atoms. The van der Waals surface area contributed by atoms with E-state index in [9.17, 15) is 4.79 Å². The molecule has 1 unspecified atom stereocenters. The quantitative estimate of drug-likeness (QED) is 0.709. The molecule has 1 atom stereocenters. The van der Waals surface area contributed by atoms with E-state index in [1.165, 1.54) is 31.4 Å². The maximum Gasteiger partial charge on any atom is 0.228 e. The van der Waals surface area contributed by atoms with Gasteiger partial charge in [0.05, 0.1) is 7.11 Å². The molecular weight excluding hydrogens is 426 g/mol. The third-order valence-corrected chi connectivity index (χ3v) is 7.78. The van der Waals surface area contributed by atoms with E-state index in [1.807, 2.05) is 17.0 Å². The molecule has 2 aromatic rings. The lowest BCUT2D eigenvalue weighted by atomic mass is 9.93. The Labute approximate surface area is 202 Å². The summed E-state index contributed by atoms with van der Waals surface area (Å²) in [4.78, 5) is 27.6. The average Bonchev–Trinajstić information content (AvgIpc) is 2.89. The Bertz CT molecular complexity index is 1000. The summed E-state index contributed by atoms with van der Waals surface area (Å²) in [5.41, 5.74) is 3.38. The second-order valence-corrected chi connectivity index (χ2v) is 9.93. The monoisotopic (exact) mass is 463 g/mol. The summed E-state index contributed by atoms with van der Waals surface area (Å²) in [5, 5.41) is 3.48. The first-order valence-corrected chi connectivity index (χ1v) is 12.9. The molecule has 0 aliphatic carbocycles. The van der Waals surface area contributed by atoms with Gasteiger partial charge in [-0.1, -0.05) is 12.1 Å². The number of ether oxygens (including phenoxy) is 1. The Kier molecular flexibility index (Phi) is 7.11. The van der Waals surface area contributed by atoms with E-state index >= 15 is 0 Å². The van der Waals surface area contributed by atoms with Gasteiger partial charge >= 0.3 is 0 Å². The number of aromatic nitrogens is 2. The number of carbonyl (C=O) groups is 1. The normalized spacial score (nSPS) is 22.0. The summed E-state index contributed by atoms with van der Waals surface area (Å²) < 4.78 is 5.27. The highest BCUT2D eigenvalue weighted by Gasteiger charge is 2.32. The number of methoxy groups -OCH3 is 1. The number of aryl methyl sites for hydroxylation is 1. The zero-order valence-corrected chi connectivity index (χ0v) is 20.6. The van der Waals surface area contributed by atoms with Crippen LogP contribution in [0.5, 0.6) is 5.75 Å². The van der Waals surface area contributed by atoms with Crippen LogP contribution in [0, 0.1) is 6.92 Å². The van der Waals surface area contributed by atoms with Crippen molar-refractivity contribution in [2.24, 2.45) is 0 Å². The molecule has 0 radical (unpaired) electrons. The number of rotatable bonds is 6. The number of hydrogen-bond acceptors (Lipinski definition) is 6. The molecule has 7 nitrogen and oxygen atoms in total. The van der Waals surface area contributed by atoms with Gasteiger partial charge in [-0.15, -0.1) is 0 Å². The van der Waals surface area contributed by atoms with Gasteiger partial charge in [0.2, 0.25) is 5.91 Å². The van der Waals surface area contributed by atoms with Crippen LogP contribution in [-0.4, -0.2) is 66.7 Å². The van der Waals surface area contributed by atoms with Crippen molar-refractivity contribution in [3.05, 3.63) is 46.9 Å². The molecule has 182 valence electrons. The molecule has 0 spiro atoms. The van der Waals surface area contributed by atoms with E-state index in [0.29, 0.717) is 24.9 Å². The number of likely N-dealkylation sites (tertiary alicyclic amines) is 1. The van der Waals surface area contributed by atoms with Gasteiger partial charge in [0, 0.05) is 42.7 Å². The SMILES string of the molecule is COc1ccc(CCN2C(=O)CCc3c(C)nc(C4CCCN(C5CCNCC5)C4)nc32)cc1. The summed E-state index contributed by atoms with van der Waals surface area (Å²) in [6.07, 6.45) is 6.83. The van der Waals surface area contributed by atoms with E-state index < -0.39 is 0 Å². The van der Waals surface area contributed by atoms with Crippen LogP contribution in [0.4, 0.5) is 5.82 Å². The van der Waals surface area contributed by atoms with Crippen LogP contribution in [0.1, 0.15) is 60.7 Å². The van der Waals surface area contributed by atoms with Crippen LogP contribution < -0.4 is 15.0 Å². The summed E-state index contributed by atoms with van der Waals surface area (Å²) in [6.45, 7) is 7.17. The standard InChI is InChI=1S/C27H37N5O2/c1-19-24-9-10-25(33)32(17-13-20-5-7-23(34-2)8-6-20)27(24)30-26(29-19)21-4-3-16-31(18-21)22-11-14-28-15-12-22/h5-8,21-22,28H,3-4,9-18H2,1-2H3. The second kappa shape index (κ2) is 10.4. The molecule has 1 aromatic carbocycles. The molecule has 5 rings (SSSR count). The number of amides is 1. The first-order chi connectivity index (χ1) is 16.6. The van der Waals surface area contributed by atoms with Crippen molar-refractivity contribution in [3.63, 3.8) is 0 Å². The van der Waals surface area contributed by atoms with Crippen LogP contribution in [-0.2, 0) is 17.6 Å². The maximum atomic E-state index is 13.0. The highest BCUT2D eigenvalue weighted by Crippen LogP contribution is 2.33. The molecule has 1 N–H and O–H groups in total. The Balaban J connectivity index is 1.35. The third kappa shape index (κ3) is 4.96. The Hall–Kier alpha value is -2.51. The van der Waals surface area contributed by atoms with E-state index in [2.05, 4.69) is 29.3 Å². The molecule has 4 heterocycles. The predicted octanol–water partition coefficient (Wildman–Crippen LogP) is 3.25. The van der Waals surface area contributed by atoms with Crippen molar-refractivity contribution in [1.29, 1.82) is 0 Å². The number of hydrogen-bond donors (Lipinski definition) is 1. The lowest BCUT2D eigenvalue weighted by Gasteiger charge is -2.40. The van der Waals surface area contributed by atoms with Gasteiger partial charge in [-0.2, -0.15) is 0 Å². The van der Waals surface area contributed by atoms with Crippen LogP contribution in [0.3, 0.4) is 0 Å².